The van der Waals surface area contributed by atoms with E-state index in [2.05, 4.69) is 0 Å². The van der Waals surface area contributed by atoms with Crippen molar-refractivity contribution in [2.75, 3.05) is 30.0 Å². The summed E-state index contributed by atoms with van der Waals surface area (Å²) >= 11 is 1.53. The van der Waals surface area contributed by atoms with Crippen molar-refractivity contribution in [3.63, 3.8) is 0 Å². The van der Waals surface area contributed by atoms with Gasteiger partial charge in [-0.05, 0) is 18.2 Å². The van der Waals surface area contributed by atoms with Crippen LogP contribution in [-0.4, -0.2) is 53.1 Å². The minimum Gasteiger partial charge on any atom is -0.480 e. The van der Waals surface area contributed by atoms with E-state index in [-0.39, 0.29) is 6.03 Å². The van der Waals surface area contributed by atoms with E-state index in [1.807, 2.05) is 6.07 Å². The zero-order valence-electron chi connectivity index (χ0n) is 11.5. The Kier molecular flexibility index (Phi) is 4.70. The van der Waals surface area contributed by atoms with E-state index >= 15 is 0 Å². The minimum absolute atomic E-state index is 0.363. The molecule has 1 aliphatic heterocycles. The van der Waals surface area contributed by atoms with Crippen molar-refractivity contribution in [2.45, 2.75) is 6.04 Å². The number of hydrogen-bond acceptors (Lipinski definition) is 4. The summed E-state index contributed by atoms with van der Waals surface area (Å²) in [6.45, 7) is 0.406. The third kappa shape index (κ3) is 3.28. The molecule has 110 valence electrons. The molecule has 1 heterocycles. The van der Waals surface area contributed by atoms with Crippen LogP contribution in [0.3, 0.4) is 0 Å². The molecule has 1 aromatic carbocycles. The van der Waals surface area contributed by atoms with Crippen LogP contribution >= 0.6 is 11.8 Å². The number of hydrogen-bond donors (Lipinski definition) is 1. The van der Waals surface area contributed by atoms with Crippen molar-refractivity contribution in [1.29, 1.82) is 5.26 Å². The molecule has 2 amide bonds. The van der Waals surface area contributed by atoms with Crippen molar-refractivity contribution in [1.82, 2.24) is 4.90 Å². The highest BCUT2D eigenvalue weighted by Crippen LogP contribution is 2.21. The van der Waals surface area contributed by atoms with Gasteiger partial charge in [0.15, 0.2) is 0 Å². The minimum atomic E-state index is -0.991. The lowest BCUT2D eigenvalue weighted by atomic mass is 10.2. The van der Waals surface area contributed by atoms with Gasteiger partial charge < -0.3 is 10.0 Å². The average Bonchev–Trinajstić information content (AvgIpc) is 2.53. The highest BCUT2D eigenvalue weighted by Gasteiger charge is 2.34. The topological polar surface area (TPSA) is 84.6 Å². The number of carboxylic acids is 1. The molecule has 1 N–H and O–H groups in total. The van der Waals surface area contributed by atoms with Gasteiger partial charge >= 0.3 is 12.0 Å². The lowest BCUT2D eigenvalue weighted by molar-refractivity contribution is -0.141. The predicted octanol–water partition coefficient (Wildman–Crippen LogP) is 1.62. The molecule has 21 heavy (non-hydrogen) atoms. The number of carbonyl (C=O) groups excluding carboxylic acids is 1. The number of carbonyl (C=O) groups is 2. The lowest BCUT2D eigenvalue weighted by Crippen LogP contribution is -2.54. The van der Waals surface area contributed by atoms with Crippen LogP contribution in [0.1, 0.15) is 5.56 Å². The number of rotatable bonds is 2. The Balaban J connectivity index is 2.21. The second-order valence-electron chi connectivity index (χ2n) is 4.63. The van der Waals surface area contributed by atoms with Crippen LogP contribution in [0.15, 0.2) is 24.3 Å². The van der Waals surface area contributed by atoms with Crippen LogP contribution in [0.25, 0.3) is 0 Å². The zero-order chi connectivity index (χ0) is 15.4. The molecule has 0 spiro atoms. The molecule has 1 fully saturated rings. The summed E-state index contributed by atoms with van der Waals surface area (Å²) in [5.41, 5.74) is 1.03. The van der Waals surface area contributed by atoms with Gasteiger partial charge in [-0.3, -0.25) is 4.90 Å². The molecule has 1 aliphatic rings. The summed E-state index contributed by atoms with van der Waals surface area (Å²) in [5, 5.41) is 18.1. The Labute approximate surface area is 126 Å². The van der Waals surface area contributed by atoms with Gasteiger partial charge in [0.2, 0.25) is 0 Å². The summed E-state index contributed by atoms with van der Waals surface area (Å²) in [4.78, 5) is 26.5. The molecule has 0 bridgehead atoms. The number of thioether (sulfide) groups is 1. The molecule has 0 radical (unpaired) electrons. The molecule has 6 nitrogen and oxygen atoms in total. The Morgan fingerprint density at radius 2 is 2.29 bits per heavy atom. The van der Waals surface area contributed by atoms with Crippen molar-refractivity contribution >= 4 is 29.4 Å². The first-order chi connectivity index (χ1) is 10.0. The van der Waals surface area contributed by atoms with E-state index < -0.39 is 12.0 Å². The van der Waals surface area contributed by atoms with Gasteiger partial charge in [-0.2, -0.15) is 17.0 Å². The number of nitriles is 1. The van der Waals surface area contributed by atoms with E-state index in [9.17, 15) is 14.7 Å². The zero-order valence-corrected chi connectivity index (χ0v) is 12.3. The van der Waals surface area contributed by atoms with Crippen molar-refractivity contribution in [3.8, 4) is 6.07 Å². The van der Waals surface area contributed by atoms with Crippen molar-refractivity contribution in [3.05, 3.63) is 29.8 Å². The van der Waals surface area contributed by atoms with Crippen LogP contribution in [0.2, 0.25) is 0 Å². The van der Waals surface area contributed by atoms with Crippen molar-refractivity contribution in [2.24, 2.45) is 0 Å². The van der Waals surface area contributed by atoms with Crippen molar-refractivity contribution < 1.29 is 14.7 Å². The van der Waals surface area contributed by atoms with Gasteiger partial charge in [-0.15, -0.1) is 0 Å². The number of nitrogens with zero attached hydrogens (tertiary/aromatic N) is 3. The van der Waals surface area contributed by atoms with E-state index in [0.717, 1.165) is 5.75 Å². The monoisotopic (exact) mass is 305 g/mol. The standard InChI is InChI=1S/C14H15N3O3S/c1-16(11-4-2-3-10(7-11)8-15)14(20)17-5-6-21-9-12(17)13(18)19/h2-4,7,12H,5-6,9H2,1H3,(H,18,19). The summed E-state index contributed by atoms with van der Waals surface area (Å²) in [7, 11) is 1.58. The Morgan fingerprint density at radius 3 is 2.95 bits per heavy atom. The highest BCUT2D eigenvalue weighted by molar-refractivity contribution is 7.99. The molecule has 1 atom stereocenters. The van der Waals surface area contributed by atoms with Crippen LogP contribution in [0.4, 0.5) is 10.5 Å². The molecule has 0 saturated carbocycles. The molecule has 2 rings (SSSR count). The van der Waals surface area contributed by atoms with Crippen LogP contribution in [0, 0.1) is 11.3 Å². The molecule has 0 aliphatic carbocycles. The second-order valence-corrected chi connectivity index (χ2v) is 5.78. The van der Waals surface area contributed by atoms with E-state index in [4.69, 9.17) is 5.26 Å². The maximum atomic E-state index is 12.5. The van der Waals surface area contributed by atoms with Gasteiger partial charge in [-0.25, -0.2) is 9.59 Å². The third-order valence-electron chi connectivity index (χ3n) is 3.31. The number of carboxylic acid groups (broad SMARTS) is 1. The summed E-state index contributed by atoms with van der Waals surface area (Å²) in [6, 6.07) is 7.51. The maximum absolute atomic E-state index is 12.5. The summed E-state index contributed by atoms with van der Waals surface area (Å²) < 4.78 is 0. The molecule has 1 saturated heterocycles. The molecule has 0 aromatic heterocycles. The number of anilines is 1. The lowest BCUT2D eigenvalue weighted by Gasteiger charge is -2.35. The van der Waals surface area contributed by atoms with Crippen LogP contribution in [0.5, 0.6) is 0 Å². The largest absolute Gasteiger partial charge is 0.480 e. The van der Waals surface area contributed by atoms with E-state index in [0.29, 0.717) is 23.5 Å². The number of aliphatic carboxylic acids is 1. The van der Waals surface area contributed by atoms with Gasteiger partial charge in [-0.1, -0.05) is 6.07 Å². The number of amides is 2. The van der Waals surface area contributed by atoms with Crippen LogP contribution < -0.4 is 4.90 Å². The fourth-order valence-electron chi connectivity index (χ4n) is 2.12. The normalized spacial score (nSPS) is 17.9. The van der Waals surface area contributed by atoms with Crippen LogP contribution in [-0.2, 0) is 4.79 Å². The Morgan fingerprint density at radius 1 is 1.52 bits per heavy atom. The first-order valence-electron chi connectivity index (χ1n) is 6.39. The molecule has 1 unspecified atom stereocenters. The van der Waals surface area contributed by atoms with E-state index in [1.165, 1.54) is 21.6 Å². The highest BCUT2D eigenvalue weighted by atomic mass is 32.2. The summed E-state index contributed by atoms with van der Waals surface area (Å²) in [5.74, 6) is 0.129. The fourth-order valence-corrected chi connectivity index (χ4v) is 3.16. The first-order valence-corrected chi connectivity index (χ1v) is 7.55. The molecule has 1 aromatic rings. The number of benzene rings is 1. The molecular formula is C14H15N3O3S. The maximum Gasteiger partial charge on any atom is 0.327 e. The van der Waals surface area contributed by atoms with Gasteiger partial charge in [0, 0.05) is 30.8 Å². The quantitative estimate of drug-likeness (QED) is 0.897. The SMILES string of the molecule is CN(C(=O)N1CCSCC1C(=O)O)c1cccc(C#N)c1. The Hall–Kier alpha value is -2.20. The fraction of sp³-hybridized carbons (Fsp3) is 0.357. The average molecular weight is 305 g/mol. The summed E-state index contributed by atoms with van der Waals surface area (Å²) in [6.07, 6.45) is 0. The third-order valence-corrected chi connectivity index (χ3v) is 4.33. The number of urea groups is 1. The molecular weight excluding hydrogens is 290 g/mol. The van der Waals surface area contributed by atoms with E-state index in [1.54, 1.807) is 31.3 Å². The smallest absolute Gasteiger partial charge is 0.327 e. The second kappa shape index (κ2) is 6.50. The predicted molar refractivity (Wildman–Crippen MR) is 80.4 cm³/mol. The molecule has 7 heteroatoms. The Bertz CT molecular complexity index is 599. The first kappa shape index (κ1) is 15.2. The van der Waals surface area contributed by atoms with Gasteiger partial charge in [0.05, 0.1) is 11.6 Å². The van der Waals surface area contributed by atoms with Gasteiger partial charge in [0.25, 0.3) is 0 Å². The van der Waals surface area contributed by atoms with Gasteiger partial charge in [0.1, 0.15) is 6.04 Å².